The molecule has 1 saturated heterocycles. The van der Waals surface area contributed by atoms with Crippen LogP contribution in [0.2, 0.25) is 0 Å². The van der Waals surface area contributed by atoms with Crippen LogP contribution in [0.4, 0.5) is 5.69 Å². The number of allylic oxidation sites excluding steroid dienone is 2. The fraction of sp³-hybridized carbons (Fsp3) is 0.333. The number of non-ortho nitro benzene ring substituents is 1. The maximum absolute atomic E-state index is 12.7. The highest BCUT2D eigenvalue weighted by molar-refractivity contribution is 5.99. The van der Waals surface area contributed by atoms with Gasteiger partial charge in [0.05, 0.1) is 22.0 Å². The minimum absolute atomic E-state index is 0.0715. The summed E-state index contributed by atoms with van der Waals surface area (Å²) in [6.07, 6.45) is -0.900. The number of nitrogens with zero attached hydrogens (tertiary/aromatic N) is 1. The van der Waals surface area contributed by atoms with Gasteiger partial charge >= 0.3 is 11.9 Å². The number of ether oxygens (including phenoxy) is 2. The van der Waals surface area contributed by atoms with Crippen LogP contribution in [0.3, 0.4) is 0 Å². The summed E-state index contributed by atoms with van der Waals surface area (Å²) in [6.45, 7) is 4.94. The summed E-state index contributed by atoms with van der Waals surface area (Å²) in [6, 6.07) is 5.57. The molecule has 3 unspecified atom stereocenters. The summed E-state index contributed by atoms with van der Waals surface area (Å²) in [5.41, 5.74) is 0.909. The van der Waals surface area contributed by atoms with Gasteiger partial charge in [-0.05, 0) is 26.3 Å². The molecule has 2 N–H and O–H groups in total. The Balaban J connectivity index is 2.10. The minimum Gasteiger partial charge on any atom is -0.478 e. The van der Waals surface area contributed by atoms with E-state index in [2.05, 4.69) is 5.32 Å². The van der Waals surface area contributed by atoms with Crippen molar-refractivity contribution in [2.24, 2.45) is 0 Å². The zero-order chi connectivity index (χ0) is 19.9. The first-order chi connectivity index (χ1) is 12.7. The molecule has 2 aliphatic heterocycles. The lowest BCUT2D eigenvalue weighted by Crippen LogP contribution is -2.32. The van der Waals surface area contributed by atoms with Crippen LogP contribution < -0.4 is 5.32 Å². The Morgan fingerprint density at radius 3 is 2.44 bits per heavy atom. The second-order valence-corrected chi connectivity index (χ2v) is 6.41. The van der Waals surface area contributed by atoms with Gasteiger partial charge in [-0.2, -0.15) is 0 Å². The Labute approximate surface area is 154 Å². The smallest absolute Gasteiger partial charge is 0.339 e. The number of epoxide rings is 1. The van der Waals surface area contributed by atoms with E-state index >= 15 is 0 Å². The number of carbonyl (C=O) groups is 2. The van der Waals surface area contributed by atoms with Crippen LogP contribution in [-0.2, 0) is 19.1 Å². The van der Waals surface area contributed by atoms with E-state index in [0.717, 1.165) is 0 Å². The SMILES string of the molecule is CC1=C(C(=O)O)C(c2cccc([N+](=O)[O-])c2)C(C(=O)OC2OC2C)=C(C)N1. The van der Waals surface area contributed by atoms with Crippen molar-refractivity contribution < 1.29 is 29.1 Å². The molecule has 9 nitrogen and oxygen atoms in total. The third-order valence-corrected chi connectivity index (χ3v) is 4.50. The summed E-state index contributed by atoms with van der Waals surface area (Å²) >= 11 is 0. The van der Waals surface area contributed by atoms with Gasteiger partial charge in [0.2, 0.25) is 6.29 Å². The number of aliphatic carboxylic acids is 1. The number of nitro groups is 1. The Kier molecular flexibility index (Phi) is 4.71. The molecule has 0 bridgehead atoms. The topological polar surface area (TPSA) is 131 Å². The number of nitro benzene ring substituents is 1. The van der Waals surface area contributed by atoms with E-state index in [1.54, 1.807) is 26.8 Å². The van der Waals surface area contributed by atoms with Gasteiger partial charge in [-0.15, -0.1) is 0 Å². The van der Waals surface area contributed by atoms with Crippen molar-refractivity contribution >= 4 is 17.6 Å². The lowest BCUT2D eigenvalue weighted by Gasteiger charge is -2.29. The van der Waals surface area contributed by atoms with Crippen LogP contribution in [0.1, 0.15) is 32.3 Å². The van der Waals surface area contributed by atoms with E-state index in [0.29, 0.717) is 17.0 Å². The third-order valence-electron chi connectivity index (χ3n) is 4.50. The summed E-state index contributed by atoms with van der Waals surface area (Å²) in [4.78, 5) is 35.2. The summed E-state index contributed by atoms with van der Waals surface area (Å²) in [5.74, 6) is -2.97. The molecular weight excluding hydrogens is 356 g/mol. The van der Waals surface area contributed by atoms with Gasteiger partial charge in [0.1, 0.15) is 6.10 Å². The third kappa shape index (κ3) is 3.54. The van der Waals surface area contributed by atoms with Crippen molar-refractivity contribution in [3.8, 4) is 0 Å². The second kappa shape index (κ2) is 6.84. The molecule has 0 aliphatic carbocycles. The van der Waals surface area contributed by atoms with Crippen LogP contribution in [0.15, 0.2) is 46.8 Å². The molecule has 1 aromatic rings. The van der Waals surface area contributed by atoms with Crippen molar-refractivity contribution in [1.29, 1.82) is 0 Å². The molecule has 0 radical (unpaired) electrons. The van der Waals surface area contributed by atoms with Crippen LogP contribution in [0.5, 0.6) is 0 Å². The van der Waals surface area contributed by atoms with Gasteiger partial charge in [0.25, 0.3) is 5.69 Å². The summed E-state index contributed by atoms with van der Waals surface area (Å²) < 4.78 is 10.4. The predicted octanol–water partition coefficient (Wildman–Crippen LogP) is 2.20. The van der Waals surface area contributed by atoms with Crippen molar-refractivity contribution in [2.45, 2.75) is 39.1 Å². The number of carboxylic acids is 1. The van der Waals surface area contributed by atoms with Crippen LogP contribution >= 0.6 is 0 Å². The molecule has 0 aromatic heterocycles. The highest BCUT2D eigenvalue weighted by Crippen LogP contribution is 2.40. The van der Waals surface area contributed by atoms with Crippen LogP contribution in [0, 0.1) is 10.1 Å². The predicted molar refractivity (Wildman–Crippen MR) is 92.4 cm³/mol. The second-order valence-electron chi connectivity index (χ2n) is 6.41. The fourth-order valence-corrected chi connectivity index (χ4v) is 3.16. The summed E-state index contributed by atoms with van der Waals surface area (Å²) in [7, 11) is 0. The Bertz CT molecular complexity index is 903. The van der Waals surface area contributed by atoms with Crippen LogP contribution in [0.25, 0.3) is 0 Å². The zero-order valence-corrected chi connectivity index (χ0v) is 14.9. The van der Waals surface area contributed by atoms with E-state index in [-0.39, 0.29) is 22.9 Å². The minimum atomic E-state index is -1.23. The lowest BCUT2D eigenvalue weighted by molar-refractivity contribution is -0.384. The van der Waals surface area contributed by atoms with Gasteiger partial charge in [-0.25, -0.2) is 9.59 Å². The van der Waals surface area contributed by atoms with Crippen molar-refractivity contribution in [1.82, 2.24) is 5.32 Å². The molecule has 9 heteroatoms. The van der Waals surface area contributed by atoms with Crippen molar-refractivity contribution in [3.63, 3.8) is 0 Å². The van der Waals surface area contributed by atoms with E-state index in [9.17, 15) is 24.8 Å². The molecule has 3 atom stereocenters. The average Bonchev–Trinajstić information content (AvgIpc) is 3.28. The molecule has 0 saturated carbocycles. The molecule has 2 aliphatic rings. The Hall–Kier alpha value is -3.20. The number of carboxylic acid groups (broad SMARTS) is 1. The number of esters is 1. The first-order valence-corrected chi connectivity index (χ1v) is 8.23. The maximum atomic E-state index is 12.7. The number of hydrogen-bond donors (Lipinski definition) is 2. The zero-order valence-electron chi connectivity index (χ0n) is 14.9. The average molecular weight is 374 g/mol. The Morgan fingerprint density at radius 1 is 1.26 bits per heavy atom. The van der Waals surface area contributed by atoms with Crippen LogP contribution in [-0.4, -0.2) is 34.4 Å². The van der Waals surface area contributed by atoms with Gasteiger partial charge in [0, 0.05) is 23.5 Å². The molecule has 1 aromatic carbocycles. The number of rotatable bonds is 5. The standard InChI is InChI=1S/C18H18N2O7/c1-8-13(16(21)22)15(11-5-4-6-12(7-11)20(24)25)14(9(2)19-8)17(23)27-18-10(3)26-18/h4-7,10,15,18-19H,1-3H3,(H,21,22). The molecule has 27 heavy (non-hydrogen) atoms. The monoisotopic (exact) mass is 374 g/mol. The van der Waals surface area contributed by atoms with Gasteiger partial charge in [0.15, 0.2) is 0 Å². The quantitative estimate of drug-likeness (QED) is 0.347. The first-order valence-electron chi connectivity index (χ1n) is 8.23. The lowest BCUT2D eigenvalue weighted by atomic mass is 9.80. The molecule has 2 heterocycles. The number of nitrogens with one attached hydrogen (secondary N) is 1. The van der Waals surface area contributed by atoms with E-state index < -0.39 is 29.1 Å². The highest BCUT2D eigenvalue weighted by Gasteiger charge is 2.43. The Morgan fingerprint density at radius 2 is 1.89 bits per heavy atom. The molecule has 0 spiro atoms. The molecule has 1 fully saturated rings. The van der Waals surface area contributed by atoms with E-state index in [1.165, 1.54) is 18.2 Å². The van der Waals surface area contributed by atoms with Gasteiger partial charge < -0.3 is 19.9 Å². The van der Waals surface area contributed by atoms with Crippen molar-refractivity contribution in [2.75, 3.05) is 0 Å². The number of dihydropyridines is 1. The summed E-state index contributed by atoms with van der Waals surface area (Å²) in [5, 5.41) is 23.7. The van der Waals surface area contributed by atoms with Gasteiger partial charge in [-0.3, -0.25) is 10.1 Å². The molecule has 142 valence electrons. The normalized spacial score (nSPS) is 24.3. The van der Waals surface area contributed by atoms with Gasteiger partial charge in [-0.1, -0.05) is 12.1 Å². The number of carbonyl (C=O) groups excluding carboxylic acids is 1. The highest BCUT2D eigenvalue weighted by atomic mass is 16.8. The molecule has 0 amide bonds. The maximum Gasteiger partial charge on any atom is 0.339 e. The van der Waals surface area contributed by atoms with E-state index in [4.69, 9.17) is 9.47 Å². The van der Waals surface area contributed by atoms with E-state index in [1.807, 2.05) is 0 Å². The first kappa shape index (κ1) is 18.6. The van der Waals surface area contributed by atoms with Crippen molar-refractivity contribution in [3.05, 3.63) is 62.5 Å². The number of hydrogen-bond acceptors (Lipinski definition) is 7. The largest absolute Gasteiger partial charge is 0.478 e. The fourth-order valence-electron chi connectivity index (χ4n) is 3.16. The molecular formula is C18H18N2O7. The number of benzene rings is 1. The molecule has 3 rings (SSSR count).